The molecule has 1 N–H and O–H groups in total. The third-order valence-electron chi connectivity index (χ3n) is 2.55. The predicted molar refractivity (Wildman–Crippen MR) is 79.8 cm³/mol. The zero-order valence-electron chi connectivity index (χ0n) is 13.7. The van der Waals surface area contributed by atoms with Gasteiger partial charge in [-0.05, 0) is 27.7 Å². The van der Waals surface area contributed by atoms with E-state index in [4.69, 9.17) is 4.74 Å². The van der Waals surface area contributed by atoms with Gasteiger partial charge in [0.05, 0.1) is 0 Å². The average Bonchev–Trinajstić information content (AvgIpc) is 2.39. The van der Waals surface area contributed by atoms with E-state index in [1.165, 1.54) is 0 Å². The minimum absolute atomic E-state index is 0.0682. The molecule has 1 heterocycles. The molecule has 0 aliphatic carbocycles. The zero-order valence-corrected chi connectivity index (χ0v) is 13.7. The molecule has 0 saturated carbocycles. The van der Waals surface area contributed by atoms with Crippen LogP contribution in [-0.2, 0) is 4.74 Å². The largest absolute Gasteiger partial charge is 0.444 e. The first kappa shape index (κ1) is 18.5. The highest BCUT2D eigenvalue weighted by Gasteiger charge is 2.27. The summed E-state index contributed by atoms with van der Waals surface area (Å²) in [5.41, 5.74) is -0.478. The monoisotopic (exact) mass is 287 g/mol. The van der Waals surface area contributed by atoms with Crippen LogP contribution in [0.4, 0.5) is 9.59 Å². The molecule has 1 fully saturated rings. The molecule has 0 aromatic rings. The molecule has 6 heteroatoms. The van der Waals surface area contributed by atoms with Crippen molar-refractivity contribution in [1.82, 2.24) is 15.1 Å². The predicted octanol–water partition coefficient (Wildman–Crippen LogP) is 2.29. The van der Waals surface area contributed by atoms with Crippen LogP contribution in [0.5, 0.6) is 0 Å². The fraction of sp³-hybridized carbons (Fsp3) is 0.857. The van der Waals surface area contributed by atoms with Crippen molar-refractivity contribution in [2.75, 3.05) is 32.7 Å². The molecule has 0 atom stereocenters. The van der Waals surface area contributed by atoms with Crippen LogP contribution >= 0.6 is 0 Å². The molecule has 3 amide bonds. The number of carbonyl (C=O) groups is 2. The summed E-state index contributed by atoms with van der Waals surface area (Å²) in [5.74, 6) is 0. The normalized spacial score (nSPS) is 15.1. The van der Waals surface area contributed by atoms with Crippen molar-refractivity contribution in [3.8, 4) is 0 Å². The second-order valence-electron chi connectivity index (χ2n) is 5.29. The Morgan fingerprint density at radius 1 is 1.05 bits per heavy atom. The first-order valence-electron chi connectivity index (χ1n) is 7.34. The van der Waals surface area contributed by atoms with Gasteiger partial charge in [0.1, 0.15) is 5.60 Å². The Balaban J connectivity index is 0.00000172. The molecule has 118 valence electrons. The Hall–Kier alpha value is -1.46. The molecule has 1 rings (SSSR count). The first-order chi connectivity index (χ1) is 9.33. The Bertz CT molecular complexity index is 305. The quantitative estimate of drug-likeness (QED) is 0.805. The molecule has 1 saturated heterocycles. The number of carbonyl (C=O) groups excluding carboxylic acids is 2. The van der Waals surface area contributed by atoms with Gasteiger partial charge >= 0.3 is 12.1 Å². The summed E-state index contributed by atoms with van der Waals surface area (Å²) in [6, 6.07) is -0.0682. The number of piperazine rings is 1. The lowest BCUT2D eigenvalue weighted by molar-refractivity contribution is 0.0170. The van der Waals surface area contributed by atoms with Crippen LogP contribution in [0.3, 0.4) is 0 Å². The van der Waals surface area contributed by atoms with Gasteiger partial charge in [-0.3, -0.25) is 0 Å². The van der Waals surface area contributed by atoms with Crippen molar-refractivity contribution in [2.45, 2.75) is 47.1 Å². The number of hydrogen-bond donors (Lipinski definition) is 1. The molecule has 0 aromatic heterocycles. The van der Waals surface area contributed by atoms with Crippen molar-refractivity contribution in [1.29, 1.82) is 0 Å². The van der Waals surface area contributed by atoms with E-state index in [-0.39, 0.29) is 12.1 Å². The van der Waals surface area contributed by atoms with Gasteiger partial charge in [-0.2, -0.15) is 0 Å². The summed E-state index contributed by atoms with van der Waals surface area (Å²) in [5, 5.41) is 2.75. The first-order valence-corrected chi connectivity index (χ1v) is 7.34. The summed E-state index contributed by atoms with van der Waals surface area (Å²) in [6.45, 7) is 14.2. The third kappa shape index (κ3) is 6.63. The van der Waals surface area contributed by atoms with E-state index in [0.717, 1.165) is 0 Å². The molecule has 0 bridgehead atoms. The molecule has 0 unspecified atom stereocenters. The maximum atomic E-state index is 11.8. The maximum Gasteiger partial charge on any atom is 0.410 e. The second-order valence-corrected chi connectivity index (χ2v) is 5.29. The van der Waals surface area contributed by atoms with Crippen LogP contribution in [0.1, 0.15) is 41.5 Å². The van der Waals surface area contributed by atoms with Crippen molar-refractivity contribution in [3.63, 3.8) is 0 Å². The standard InChI is InChI=1S/C12H23N3O3.C2H6/c1-5-13-10(16)14-6-8-15(9-7-14)11(17)18-12(2,3)4;1-2/h5-9H2,1-4H3,(H,13,16);1-2H3. The van der Waals surface area contributed by atoms with Crippen molar-refractivity contribution in [3.05, 3.63) is 0 Å². The van der Waals surface area contributed by atoms with Crippen LogP contribution in [0, 0.1) is 0 Å². The highest BCUT2D eigenvalue weighted by molar-refractivity contribution is 5.75. The van der Waals surface area contributed by atoms with E-state index < -0.39 is 5.60 Å². The highest BCUT2D eigenvalue weighted by atomic mass is 16.6. The van der Waals surface area contributed by atoms with Crippen LogP contribution in [-0.4, -0.2) is 60.2 Å². The number of amides is 3. The molecular weight excluding hydrogens is 258 g/mol. The van der Waals surface area contributed by atoms with E-state index >= 15 is 0 Å². The number of hydrogen-bond acceptors (Lipinski definition) is 3. The molecule has 0 spiro atoms. The van der Waals surface area contributed by atoms with E-state index in [1.54, 1.807) is 9.80 Å². The fourth-order valence-corrected chi connectivity index (χ4v) is 1.68. The summed E-state index contributed by atoms with van der Waals surface area (Å²) in [4.78, 5) is 26.7. The van der Waals surface area contributed by atoms with Gasteiger partial charge in [0.25, 0.3) is 0 Å². The summed E-state index contributed by atoms with van der Waals surface area (Å²) < 4.78 is 5.29. The van der Waals surface area contributed by atoms with Gasteiger partial charge in [0.15, 0.2) is 0 Å². The SMILES string of the molecule is CC.CCNC(=O)N1CCN(C(=O)OC(C)(C)C)CC1. The summed E-state index contributed by atoms with van der Waals surface area (Å²) in [7, 11) is 0. The van der Waals surface area contributed by atoms with Gasteiger partial charge in [0.2, 0.25) is 0 Å². The molecule has 0 aromatic carbocycles. The molecule has 6 nitrogen and oxygen atoms in total. The number of rotatable bonds is 1. The lowest BCUT2D eigenvalue weighted by atomic mass is 10.2. The van der Waals surface area contributed by atoms with E-state index in [1.807, 2.05) is 41.5 Å². The molecule has 0 radical (unpaired) electrons. The Morgan fingerprint density at radius 3 is 1.90 bits per heavy atom. The molecule has 1 aliphatic rings. The molecule has 20 heavy (non-hydrogen) atoms. The Labute approximate surface area is 122 Å². The Morgan fingerprint density at radius 2 is 1.50 bits per heavy atom. The smallest absolute Gasteiger partial charge is 0.410 e. The van der Waals surface area contributed by atoms with Gasteiger partial charge < -0.3 is 19.9 Å². The van der Waals surface area contributed by atoms with Gasteiger partial charge in [-0.15, -0.1) is 0 Å². The highest BCUT2D eigenvalue weighted by Crippen LogP contribution is 2.11. The average molecular weight is 287 g/mol. The van der Waals surface area contributed by atoms with Crippen molar-refractivity contribution < 1.29 is 14.3 Å². The molecular formula is C14H29N3O3. The Kier molecular flexibility index (Phi) is 8.03. The minimum atomic E-state index is -0.478. The number of urea groups is 1. The number of nitrogens with one attached hydrogen (secondary N) is 1. The van der Waals surface area contributed by atoms with Gasteiger partial charge in [0, 0.05) is 32.7 Å². The zero-order chi connectivity index (χ0) is 15.8. The van der Waals surface area contributed by atoms with Crippen LogP contribution in [0.15, 0.2) is 0 Å². The number of ether oxygens (including phenoxy) is 1. The van der Waals surface area contributed by atoms with E-state index in [2.05, 4.69) is 5.32 Å². The van der Waals surface area contributed by atoms with Crippen molar-refractivity contribution in [2.24, 2.45) is 0 Å². The second kappa shape index (κ2) is 8.66. The van der Waals surface area contributed by atoms with Crippen LogP contribution < -0.4 is 5.32 Å². The summed E-state index contributed by atoms with van der Waals surface area (Å²) >= 11 is 0. The topological polar surface area (TPSA) is 61.9 Å². The van der Waals surface area contributed by atoms with Gasteiger partial charge in [-0.25, -0.2) is 9.59 Å². The van der Waals surface area contributed by atoms with Gasteiger partial charge in [-0.1, -0.05) is 13.8 Å². The third-order valence-corrected chi connectivity index (χ3v) is 2.55. The lowest BCUT2D eigenvalue weighted by Gasteiger charge is -2.35. The fourth-order valence-electron chi connectivity index (χ4n) is 1.68. The van der Waals surface area contributed by atoms with E-state index in [9.17, 15) is 9.59 Å². The lowest BCUT2D eigenvalue weighted by Crippen LogP contribution is -2.53. The minimum Gasteiger partial charge on any atom is -0.444 e. The van der Waals surface area contributed by atoms with E-state index in [0.29, 0.717) is 32.7 Å². The van der Waals surface area contributed by atoms with Crippen molar-refractivity contribution >= 4 is 12.1 Å². The van der Waals surface area contributed by atoms with Crippen LogP contribution in [0.2, 0.25) is 0 Å². The number of nitrogens with zero attached hydrogens (tertiary/aromatic N) is 2. The molecule has 1 aliphatic heterocycles. The summed E-state index contributed by atoms with van der Waals surface area (Å²) in [6.07, 6.45) is -0.307. The van der Waals surface area contributed by atoms with Crippen LogP contribution in [0.25, 0.3) is 0 Å². The maximum absolute atomic E-state index is 11.8.